The van der Waals surface area contributed by atoms with Gasteiger partial charge in [0, 0.05) is 24.6 Å². The van der Waals surface area contributed by atoms with Gasteiger partial charge < -0.3 is 9.05 Å². The average Bonchev–Trinajstić information content (AvgIpc) is 2.65. The number of hydrogen-bond acceptors (Lipinski definition) is 4. The van der Waals surface area contributed by atoms with E-state index in [1.54, 1.807) is 0 Å². The molecule has 0 aromatic carbocycles. The van der Waals surface area contributed by atoms with Crippen molar-refractivity contribution in [2.24, 2.45) is 0 Å². The van der Waals surface area contributed by atoms with Crippen molar-refractivity contribution in [1.29, 1.82) is 0 Å². The van der Waals surface area contributed by atoms with E-state index in [1.165, 1.54) is 0 Å². The summed E-state index contributed by atoms with van der Waals surface area (Å²) < 4.78 is 38.4. The molecule has 0 bridgehead atoms. The van der Waals surface area contributed by atoms with Crippen molar-refractivity contribution in [3.8, 4) is 0 Å². The van der Waals surface area contributed by atoms with Gasteiger partial charge in [0.05, 0.1) is 12.7 Å². The van der Waals surface area contributed by atoms with Gasteiger partial charge in [0.1, 0.15) is 0 Å². The lowest BCUT2D eigenvalue weighted by Gasteiger charge is -2.26. The summed E-state index contributed by atoms with van der Waals surface area (Å²) >= 11 is 0. The molecule has 0 fully saturated rings. The molecule has 1 atom stereocenters. The van der Waals surface area contributed by atoms with Gasteiger partial charge >= 0.3 is 0 Å². The Bertz CT molecular complexity index is 402. The summed E-state index contributed by atoms with van der Waals surface area (Å²) in [5.41, 5.74) is 0. The Morgan fingerprint density at radius 1 is 0.654 bits per heavy atom. The van der Waals surface area contributed by atoms with Crippen molar-refractivity contribution in [3.63, 3.8) is 0 Å². The van der Waals surface area contributed by atoms with Crippen LogP contribution < -0.4 is 0 Å². The van der Waals surface area contributed by atoms with E-state index in [2.05, 4.69) is 27.7 Å². The van der Waals surface area contributed by atoms with Crippen LogP contribution in [0.3, 0.4) is 0 Å². The van der Waals surface area contributed by atoms with E-state index < -0.39 is 14.7 Å². The van der Waals surface area contributed by atoms with Crippen molar-refractivity contribution in [2.45, 2.75) is 98.5 Å². The summed E-state index contributed by atoms with van der Waals surface area (Å²) in [4.78, 5) is 0. The van der Waals surface area contributed by atoms with Crippen LogP contribution >= 0.6 is 14.7 Å². The first-order valence-electron chi connectivity index (χ1n) is 10.9. The SMILES string of the molecule is CCCCP(=O)(CCCC)OCC(CC)OP(=O)(CCCC)CCCC. The van der Waals surface area contributed by atoms with E-state index >= 15 is 0 Å². The largest absolute Gasteiger partial charge is 0.326 e. The molecule has 1 unspecified atom stereocenters. The fraction of sp³-hybridized carbons (Fsp3) is 1.00. The molecule has 0 heterocycles. The van der Waals surface area contributed by atoms with Crippen molar-refractivity contribution in [2.75, 3.05) is 31.3 Å². The van der Waals surface area contributed by atoms with Gasteiger partial charge in [-0.1, -0.05) is 60.3 Å². The first-order chi connectivity index (χ1) is 12.4. The maximum absolute atomic E-state index is 13.2. The first kappa shape index (κ1) is 26.4. The molecular weight excluding hydrogens is 366 g/mol. The second-order valence-electron chi connectivity index (χ2n) is 7.37. The molecule has 0 saturated heterocycles. The summed E-state index contributed by atoms with van der Waals surface area (Å²) in [7, 11) is -5.22. The Balaban J connectivity index is 4.85. The highest BCUT2D eigenvalue weighted by molar-refractivity contribution is 7.59. The van der Waals surface area contributed by atoms with Crippen LogP contribution in [0.5, 0.6) is 0 Å². The lowest BCUT2D eigenvalue weighted by Crippen LogP contribution is -2.20. The zero-order valence-electron chi connectivity index (χ0n) is 18.0. The minimum atomic E-state index is -2.62. The van der Waals surface area contributed by atoms with Crippen LogP contribution in [0.4, 0.5) is 0 Å². The predicted octanol–water partition coefficient (Wildman–Crippen LogP) is 7.55. The highest BCUT2D eigenvalue weighted by Gasteiger charge is 2.28. The van der Waals surface area contributed by atoms with Crippen LogP contribution in [-0.2, 0) is 18.2 Å². The maximum Gasteiger partial charge on any atom is 0.203 e. The van der Waals surface area contributed by atoms with Crippen LogP contribution in [0.15, 0.2) is 0 Å². The van der Waals surface area contributed by atoms with Crippen LogP contribution in [0.2, 0.25) is 0 Å². The molecule has 0 aromatic rings. The maximum atomic E-state index is 13.2. The van der Waals surface area contributed by atoms with Crippen LogP contribution in [0.25, 0.3) is 0 Å². The summed E-state index contributed by atoms with van der Waals surface area (Å²) in [6.45, 7) is 10.8. The highest BCUT2D eigenvalue weighted by Crippen LogP contribution is 2.52. The van der Waals surface area contributed by atoms with Crippen LogP contribution in [0, 0.1) is 0 Å². The molecule has 26 heavy (non-hydrogen) atoms. The molecule has 0 spiro atoms. The zero-order valence-corrected chi connectivity index (χ0v) is 19.8. The van der Waals surface area contributed by atoms with Gasteiger partial charge in [-0.05, 0) is 32.1 Å². The predicted molar refractivity (Wildman–Crippen MR) is 115 cm³/mol. The Kier molecular flexibility index (Phi) is 15.5. The van der Waals surface area contributed by atoms with Crippen molar-refractivity contribution < 1.29 is 18.2 Å². The van der Waals surface area contributed by atoms with E-state index in [1.807, 2.05) is 6.92 Å². The Labute approximate surface area is 163 Å². The standard InChI is InChI=1S/C20H44O4P2/c1-6-11-15-25(21,16-12-7-2)23-19-20(10-5)24-26(22,17-13-8-3)18-14-9-4/h20H,6-19H2,1-5H3. The van der Waals surface area contributed by atoms with Gasteiger partial charge in [-0.25, -0.2) is 0 Å². The summed E-state index contributed by atoms with van der Waals surface area (Å²) in [5.74, 6) is 0. The molecule has 0 aromatic heterocycles. The van der Waals surface area contributed by atoms with E-state index in [9.17, 15) is 9.13 Å². The number of hydrogen-bond donors (Lipinski definition) is 0. The lowest BCUT2D eigenvalue weighted by atomic mass is 10.3. The molecule has 0 rings (SSSR count). The van der Waals surface area contributed by atoms with Crippen LogP contribution in [-0.4, -0.2) is 37.4 Å². The van der Waals surface area contributed by atoms with Gasteiger partial charge in [-0.2, -0.15) is 0 Å². The lowest BCUT2D eigenvalue weighted by molar-refractivity contribution is 0.128. The second-order valence-corrected chi connectivity index (χ2v) is 12.9. The topological polar surface area (TPSA) is 52.6 Å². The molecular formula is C20H44O4P2. The minimum absolute atomic E-state index is 0.217. The molecule has 4 nitrogen and oxygen atoms in total. The highest BCUT2D eigenvalue weighted by atomic mass is 31.2. The number of rotatable bonds is 18. The van der Waals surface area contributed by atoms with E-state index in [-0.39, 0.29) is 6.10 Å². The quantitative estimate of drug-likeness (QED) is 0.219. The molecule has 6 heteroatoms. The van der Waals surface area contributed by atoms with Gasteiger partial charge in [0.2, 0.25) is 14.7 Å². The fourth-order valence-electron chi connectivity index (χ4n) is 2.77. The fourth-order valence-corrected chi connectivity index (χ4v) is 8.07. The van der Waals surface area contributed by atoms with E-state index in [0.29, 0.717) is 31.3 Å². The van der Waals surface area contributed by atoms with E-state index in [4.69, 9.17) is 9.05 Å². The number of unbranched alkanes of at least 4 members (excludes halogenated alkanes) is 4. The van der Waals surface area contributed by atoms with Gasteiger partial charge in [0.15, 0.2) is 0 Å². The molecule has 158 valence electrons. The van der Waals surface area contributed by atoms with Crippen LogP contribution in [0.1, 0.15) is 92.4 Å². The molecule has 0 aliphatic carbocycles. The third kappa shape index (κ3) is 12.0. The van der Waals surface area contributed by atoms with Gasteiger partial charge in [-0.3, -0.25) is 9.13 Å². The first-order valence-corrected chi connectivity index (χ1v) is 14.9. The third-order valence-electron chi connectivity index (χ3n) is 4.70. The molecule has 0 aliphatic heterocycles. The summed E-state index contributed by atoms with van der Waals surface area (Å²) in [6, 6.07) is 0. The Hall–Kier alpha value is 0.380. The normalized spacial score (nSPS) is 13.9. The minimum Gasteiger partial charge on any atom is -0.326 e. The molecule has 0 aliphatic rings. The Morgan fingerprint density at radius 3 is 1.38 bits per heavy atom. The smallest absolute Gasteiger partial charge is 0.203 e. The van der Waals surface area contributed by atoms with Gasteiger partial charge in [-0.15, -0.1) is 0 Å². The van der Waals surface area contributed by atoms with E-state index in [0.717, 1.165) is 57.8 Å². The molecule has 0 saturated carbocycles. The average molecular weight is 411 g/mol. The van der Waals surface area contributed by atoms with Crippen molar-refractivity contribution in [1.82, 2.24) is 0 Å². The third-order valence-corrected chi connectivity index (χ3v) is 9.99. The Morgan fingerprint density at radius 2 is 1.04 bits per heavy atom. The van der Waals surface area contributed by atoms with Crippen molar-refractivity contribution in [3.05, 3.63) is 0 Å². The van der Waals surface area contributed by atoms with Crippen molar-refractivity contribution >= 4 is 14.7 Å². The summed E-state index contributed by atoms with van der Waals surface area (Å²) in [5, 5.41) is 0. The zero-order chi connectivity index (χ0) is 19.9. The molecule has 0 amide bonds. The molecule has 0 N–H and O–H groups in total. The monoisotopic (exact) mass is 410 g/mol. The molecule has 0 radical (unpaired) electrons. The van der Waals surface area contributed by atoms with Gasteiger partial charge in [0.25, 0.3) is 0 Å². The summed E-state index contributed by atoms with van der Waals surface area (Å²) in [6.07, 6.45) is 11.0. The second kappa shape index (κ2) is 15.3.